The van der Waals surface area contributed by atoms with E-state index in [9.17, 15) is 0 Å². The first-order valence-corrected chi connectivity index (χ1v) is 11.4. The molecular formula is C25H19N3S2. The van der Waals surface area contributed by atoms with E-state index in [1.807, 2.05) is 36.7 Å². The van der Waals surface area contributed by atoms with Crippen LogP contribution in [0.2, 0.25) is 0 Å². The van der Waals surface area contributed by atoms with Gasteiger partial charge < -0.3 is 0 Å². The number of hydrogen-bond donors (Lipinski definition) is 0. The molecule has 0 aliphatic rings. The SMILES string of the molecule is Cc1ccsc1C=Nc1ccc2cc3ccc(N=Cc4sccc4C)cc3nc2c1. The second-order valence-corrected chi connectivity index (χ2v) is 9.09. The van der Waals surface area contributed by atoms with E-state index < -0.39 is 0 Å². The largest absolute Gasteiger partial charge is 0.255 e. The molecule has 0 radical (unpaired) electrons. The van der Waals surface area contributed by atoms with Gasteiger partial charge in [-0.05, 0) is 78.2 Å². The molecule has 0 atom stereocenters. The Morgan fingerprint density at radius 1 is 0.667 bits per heavy atom. The summed E-state index contributed by atoms with van der Waals surface area (Å²) in [5.74, 6) is 0. The van der Waals surface area contributed by atoms with Crippen molar-refractivity contribution in [3.8, 4) is 0 Å². The Labute approximate surface area is 183 Å². The van der Waals surface area contributed by atoms with Gasteiger partial charge in [0.25, 0.3) is 0 Å². The zero-order valence-electron chi connectivity index (χ0n) is 16.7. The van der Waals surface area contributed by atoms with E-state index in [-0.39, 0.29) is 0 Å². The maximum absolute atomic E-state index is 4.88. The van der Waals surface area contributed by atoms with Gasteiger partial charge in [0.1, 0.15) is 0 Å². The van der Waals surface area contributed by atoms with Crippen LogP contribution in [-0.2, 0) is 0 Å². The van der Waals surface area contributed by atoms with E-state index in [1.165, 1.54) is 20.9 Å². The minimum Gasteiger partial charge on any atom is -0.255 e. The molecule has 0 aliphatic heterocycles. The monoisotopic (exact) mass is 425 g/mol. The minimum atomic E-state index is 0.907. The van der Waals surface area contributed by atoms with Crippen LogP contribution in [0.4, 0.5) is 11.4 Å². The van der Waals surface area contributed by atoms with Gasteiger partial charge in [-0.1, -0.05) is 12.1 Å². The van der Waals surface area contributed by atoms with E-state index in [0.717, 1.165) is 33.2 Å². The van der Waals surface area contributed by atoms with Crippen LogP contribution in [0.1, 0.15) is 20.9 Å². The third-order valence-electron chi connectivity index (χ3n) is 5.05. The van der Waals surface area contributed by atoms with Gasteiger partial charge in [-0.15, -0.1) is 22.7 Å². The maximum atomic E-state index is 4.88. The second-order valence-electron chi connectivity index (χ2n) is 7.19. The van der Waals surface area contributed by atoms with Crippen LogP contribution >= 0.6 is 22.7 Å². The molecule has 5 aromatic rings. The predicted octanol–water partition coefficient (Wildman–Crippen LogP) is 7.63. The van der Waals surface area contributed by atoms with Gasteiger partial charge in [0.2, 0.25) is 0 Å². The first-order valence-electron chi connectivity index (χ1n) is 9.67. The Hall–Kier alpha value is -3.15. The molecule has 0 unspecified atom stereocenters. The second kappa shape index (κ2) is 7.94. The lowest BCUT2D eigenvalue weighted by atomic mass is 10.1. The molecule has 0 N–H and O–H groups in total. The van der Waals surface area contributed by atoms with Gasteiger partial charge in [0.05, 0.1) is 22.4 Å². The molecule has 30 heavy (non-hydrogen) atoms. The van der Waals surface area contributed by atoms with Crippen LogP contribution < -0.4 is 0 Å². The topological polar surface area (TPSA) is 37.6 Å². The number of pyridine rings is 1. The highest BCUT2D eigenvalue weighted by atomic mass is 32.1. The Balaban J connectivity index is 1.49. The van der Waals surface area contributed by atoms with Crippen molar-refractivity contribution in [1.29, 1.82) is 0 Å². The molecule has 3 aromatic heterocycles. The van der Waals surface area contributed by atoms with E-state index in [4.69, 9.17) is 4.98 Å². The number of fused-ring (bicyclic) bond motifs is 2. The van der Waals surface area contributed by atoms with Crippen molar-refractivity contribution >= 4 is 68.3 Å². The average molecular weight is 426 g/mol. The van der Waals surface area contributed by atoms with Gasteiger partial charge in [0, 0.05) is 33.0 Å². The van der Waals surface area contributed by atoms with E-state index in [2.05, 4.69) is 64.9 Å². The lowest BCUT2D eigenvalue weighted by Gasteiger charge is -2.04. The Bertz CT molecular complexity index is 1320. The first-order chi connectivity index (χ1) is 14.7. The fraction of sp³-hybridized carbons (Fsp3) is 0.0800. The van der Waals surface area contributed by atoms with Crippen molar-refractivity contribution in [2.75, 3.05) is 0 Å². The highest BCUT2D eigenvalue weighted by molar-refractivity contribution is 7.12. The number of nitrogens with zero attached hydrogens (tertiary/aromatic N) is 3. The average Bonchev–Trinajstić information content (AvgIpc) is 3.36. The summed E-state index contributed by atoms with van der Waals surface area (Å²) in [6, 6.07) is 18.7. The molecule has 0 saturated carbocycles. The van der Waals surface area contributed by atoms with Gasteiger partial charge in [-0.25, -0.2) is 4.98 Å². The normalized spacial score (nSPS) is 12.1. The Kier molecular flexibility index (Phi) is 4.99. The maximum Gasteiger partial charge on any atom is 0.0731 e. The summed E-state index contributed by atoms with van der Waals surface area (Å²) in [5, 5.41) is 6.40. The molecule has 0 bridgehead atoms. The lowest BCUT2D eigenvalue weighted by Crippen LogP contribution is -1.83. The van der Waals surface area contributed by atoms with E-state index >= 15 is 0 Å². The van der Waals surface area contributed by atoms with Crippen molar-refractivity contribution in [3.05, 3.63) is 86.2 Å². The van der Waals surface area contributed by atoms with Crippen molar-refractivity contribution < 1.29 is 0 Å². The van der Waals surface area contributed by atoms with Gasteiger partial charge >= 0.3 is 0 Å². The lowest BCUT2D eigenvalue weighted by molar-refractivity contribution is 1.46. The van der Waals surface area contributed by atoms with E-state index in [1.54, 1.807) is 22.7 Å². The molecule has 0 aliphatic carbocycles. The molecule has 0 saturated heterocycles. The summed E-state index contributed by atoms with van der Waals surface area (Å²) < 4.78 is 0. The quantitative estimate of drug-likeness (QED) is 0.215. The summed E-state index contributed by atoms with van der Waals surface area (Å²) in [7, 11) is 0. The predicted molar refractivity (Wildman–Crippen MR) is 132 cm³/mol. The summed E-state index contributed by atoms with van der Waals surface area (Å²) >= 11 is 3.41. The van der Waals surface area contributed by atoms with Crippen molar-refractivity contribution in [3.63, 3.8) is 0 Å². The highest BCUT2D eigenvalue weighted by Crippen LogP contribution is 2.27. The molecule has 146 valence electrons. The van der Waals surface area contributed by atoms with Crippen LogP contribution in [-0.4, -0.2) is 17.4 Å². The molecule has 0 amide bonds. The number of thiophene rings is 2. The summed E-state index contributed by atoms with van der Waals surface area (Å²) in [4.78, 5) is 16.5. The number of aromatic nitrogens is 1. The van der Waals surface area contributed by atoms with Crippen LogP contribution in [0.15, 0.2) is 75.3 Å². The van der Waals surface area contributed by atoms with Crippen molar-refractivity contribution in [2.45, 2.75) is 13.8 Å². The fourth-order valence-electron chi connectivity index (χ4n) is 3.26. The molecule has 0 spiro atoms. The number of hydrogen-bond acceptors (Lipinski definition) is 5. The van der Waals surface area contributed by atoms with Crippen molar-refractivity contribution in [1.82, 2.24) is 4.98 Å². The molecule has 5 heteroatoms. The van der Waals surface area contributed by atoms with Crippen molar-refractivity contribution in [2.24, 2.45) is 9.98 Å². The zero-order chi connectivity index (χ0) is 20.5. The summed E-state index contributed by atoms with van der Waals surface area (Å²) in [6.07, 6.45) is 3.86. The van der Waals surface area contributed by atoms with Crippen LogP contribution in [0, 0.1) is 13.8 Å². The minimum absolute atomic E-state index is 0.907. The number of rotatable bonds is 4. The third-order valence-corrected chi connectivity index (χ3v) is 6.95. The van der Waals surface area contributed by atoms with Gasteiger partial charge in [0.15, 0.2) is 0 Å². The van der Waals surface area contributed by atoms with Crippen LogP contribution in [0.3, 0.4) is 0 Å². The molecule has 2 aromatic carbocycles. The van der Waals surface area contributed by atoms with Gasteiger partial charge in [-0.2, -0.15) is 0 Å². The molecule has 5 rings (SSSR count). The number of benzene rings is 2. The molecular weight excluding hydrogens is 406 g/mol. The summed E-state index contributed by atoms with van der Waals surface area (Å²) in [6.45, 7) is 4.21. The smallest absolute Gasteiger partial charge is 0.0731 e. The van der Waals surface area contributed by atoms with Crippen LogP contribution in [0.25, 0.3) is 21.8 Å². The number of aliphatic imine (C=N–C) groups is 2. The fourth-order valence-corrected chi connectivity index (χ4v) is 4.83. The van der Waals surface area contributed by atoms with E-state index in [0.29, 0.717) is 0 Å². The Morgan fingerprint density at radius 3 is 1.60 bits per heavy atom. The highest BCUT2D eigenvalue weighted by Gasteiger charge is 2.03. The van der Waals surface area contributed by atoms with Gasteiger partial charge in [-0.3, -0.25) is 9.98 Å². The molecule has 0 fully saturated rings. The number of aryl methyl sites for hydroxylation is 2. The van der Waals surface area contributed by atoms with Crippen LogP contribution in [0.5, 0.6) is 0 Å². The third kappa shape index (κ3) is 3.82. The zero-order valence-corrected chi connectivity index (χ0v) is 18.3. The molecule has 3 heterocycles. The standard InChI is InChI=1S/C25H19N3S2/c1-16-7-9-29-24(16)14-26-20-5-3-18-11-19-4-6-21(13-23(19)28-22(18)12-20)27-15-25-17(2)8-10-30-25/h3-15H,1-2H3. The Morgan fingerprint density at radius 2 is 1.17 bits per heavy atom. The molecule has 3 nitrogen and oxygen atoms in total. The summed E-state index contributed by atoms with van der Waals surface area (Å²) in [5.41, 5.74) is 6.19. The first kappa shape index (κ1) is 18.9.